The number of methoxy groups -OCH3 is 1. The molecule has 0 saturated carbocycles. The number of rotatable bonds is 6. The number of esters is 1. The van der Waals surface area contributed by atoms with Gasteiger partial charge in [0, 0.05) is 5.56 Å². The summed E-state index contributed by atoms with van der Waals surface area (Å²) >= 11 is 0. The normalized spacial score (nSPS) is 10.6. The zero-order valence-electron chi connectivity index (χ0n) is 14.8. The molecule has 4 nitrogen and oxygen atoms in total. The smallest absolute Gasteiger partial charge is 0.347 e. The second-order valence-corrected chi connectivity index (χ2v) is 5.72. The maximum absolute atomic E-state index is 12.3. The summed E-state index contributed by atoms with van der Waals surface area (Å²) in [6.07, 6.45) is 3.28. The Bertz CT molecular complexity index is 957. The monoisotopic (exact) mass is 358 g/mol. The number of carbonyl (C=O) groups excluding carboxylic acids is 2. The van der Waals surface area contributed by atoms with Crippen LogP contribution in [0.3, 0.4) is 0 Å². The minimum absolute atomic E-state index is 0.124. The van der Waals surface area contributed by atoms with Gasteiger partial charge in [-0.3, -0.25) is 4.79 Å². The molecule has 0 aliphatic heterocycles. The second kappa shape index (κ2) is 8.63. The van der Waals surface area contributed by atoms with E-state index in [0.29, 0.717) is 22.6 Å². The molecular formula is C23H18O4. The van der Waals surface area contributed by atoms with Gasteiger partial charge in [0.25, 0.3) is 0 Å². The first-order valence-electron chi connectivity index (χ1n) is 8.40. The van der Waals surface area contributed by atoms with E-state index in [1.54, 1.807) is 54.6 Å². The van der Waals surface area contributed by atoms with E-state index in [-0.39, 0.29) is 5.78 Å². The number of carbonyl (C=O) groups is 2. The summed E-state index contributed by atoms with van der Waals surface area (Å²) in [5.41, 5.74) is 1.80. The van der Waals surface area contributed by atoms with Crippen molar-refractivity contribution in [2.75, 3.05) is 7.11 Å². The van der Waals surface area contributed by atoms with Crippen molar-refractivity contribution in [1.29, 1.82) is 0 Å². The Morgan fingerprint density at radius 2 is 1.48 bits per heavy atom. The van der Waals surface area contributed by atoms with Crippen molar-refractivity contribution < 1.29 is 19.1 Å². The average molecular weight is 358 g/mol. The minimum Gasteiger partial charge on any atom is -0.496 e. The van der Waals surface area contributed by atoms with Crippen molar-refractivity contribution in [3.05, 3.63) is 102 Å². The van der Waals surface area contributed by atoms with Gasteiger partial charge in [0.05, 0.1) is 7.11 Å². The van der Waals surface area contributed by atoms with Crippen molar-refractivity contribution in [3.63, 3.8) is 0 Å². The van der Waals surface area contributed by atoms with Gasteiger partial charge in [-0.1, -0.05) is 48.5 Å². The number of para-hydroxylation sites is 1. The molecule has 0 bridgehead atoms. The highest BCUT2D eigenvalue weighted by Gasteiger charge is 2.14. The van der Waals surface area contributed by atoms with E-state index < -0.39 is 5.97 Å². The first kappa shape index (κ1) is 18.1. The molecule has 134 valence electrons. The summed E-state index contributed by atoms with van der Waals surface area (Å²) < 4.78 is 10.5. The predicted octanol–water partition coefficient (Wildman–Crippen LogP) is 4.81. The molecule has 0 aromatic heterocycles. The van der Waals surface area contributed by atoms with Crippen LogP contribution in [0.15, 0.2) is 84.9 Å². The van der Waals surface area contributed by atoms with Crippen LogP contribution in [0.25, 0.3) is 6.08 Å². The highest BCUT2D eigenvalue weighted by Crippen LogP contribution is 2.21. The van der Waals surface area contributed by atoms with Crippen LogP contribution in [-0.2, 0) is 0 Å². The molecule has 0 aliphatic rings. The van der Waals surface area contributed by atoms with Crippen LogP contribution < -0.4 is 9.47 Å². The highest BCUT2D eigenvalue weighted by molar-refractivity contribution is 6.06. The summed E-state index contributed by atoms with van der Waals surface area (Å²) in [5, 5.41) is 0. The summed E-state index contributed by atoms with van der Waals surface area (Å²) in [6, 6.07) is 22.9. The first-order chi connectivity index (χ1) is 13.2. The largest absolute Gasteiger partial charge is 0.496 e. The number of hydrogen-bond donors (Lipinski definition) is 0. The van der Waals surface area contributed by atoms with Crippen molar-refractivity contribution in [3.8, 4) is 11.5 Å². The third-order valence-electron chi connectivity index (χ3n) is 3.90. The Kier molecular flexibility index (Phi) is 5.80. The van der Waals surface area contributed by atoms with E-state index in [2.05, 4.69) is 0 Å². The molecule has 3 aromatic rings. The number of ether oxygens (including phenoxy) is 2. The van der Waals surface area contributed by atoms with Gasteiger partial charge in [-0.05, 0) is 48.0 Å². The van der Waals surface area contributed by atoms with Crippen molar-refractivity contribution in [2.45, 2.75) is 0 Å². The number of hydrogen-bond acceptors (Lipinski definition) is 4. The first-order valence-corrected chi connectivity index (χ1v) is 8.40. The quantitative estimate of drug-likeness (QED) is 0.275. The van der Waals surface area contributed by atoms with Crippen LogP contribution in [0.4, 0.5) is 0 Å². The Balaban J connectivity index is 1.67. The fourth-order valence-electron chi connectivity index (χ4n) is 2.49. The molecule has 0 atom stereocenters. The minimum atomic E-state index is -0.518. The topological polar surface area (TPSA) is 52.6 Å². The average Bonchev–Trinajstić information content (AvgIpc) is 2.73. The number of ketones is 1. The summed E-state index contributed by atoms with van der Waals surface area (Å²) in [5.74, 6) is 0.159. The molecule has 4 heteroatoms. The van der Waals surface area contributed by atoms with Gasteiger partial charge in [0.15, 0.2) is 5.78 Å². The van der Waals surface area contributed by atoms with Gasteiger partial charge in [-0.25, -0.2) is 4.79 Å². The van der Waals surface area contributed by atoms with Gasteiger partial charge >= 0.3 is 5.97 Å². The molecule has 0 amide bonds. The molecule has 27 heavy (non-hydrogen) atoms. The Morgan fingerprint density at radius 3 is 2.19 bits per heavy atom. The maximum Gasteiger partial charge on any atom is 0.347 e. The molecule has 0 aliphatic carbocycles. The van der Waals surface area contributed by atoms with Gasteiger partial charge in [-0.15, -0.1) is 0 Å². The van der Waals surface area contributed by atoms with Crippen LogP contribution in [0.2, 0.25) is 0 Å². The van der Waals surface area contributed by atoms with Crippen LogP contribution in [0, 0.1) is 0 Å². The maximum atomic E-state index is 12.3. The van der Waals surface area contributed by atoms with Crippen molar-refractivity contribution in [2.24, 2.45) is 0 Å². The van der Waals surface area contributed by atoms with Crippen LogP contribution >= 0.6 is 0 Å². The van der Waals surface area contributed by atoms with Gasteiger partial charge in [0.1, 0.15) is 17.1 Å². The second-order valence-electron chi connectivity index (χ2n) is 5.72. The SMILES string of the molecule is COc1ccccc1C(=O)Oc1ccc(C(=O)C=Cc2ccccc2)cc1. The predicted molar refractivity (Wildman–Crippen MR) is 104 cm³/mol. The molecule has 3 aromatic carbocycles. The summed E-state index contributed by atoms with van der Waals surface area (Å²) in [7, 11) is 1.50. The van der Waals surface area contributed by atoms with E-state index in [4.69, 9.17) is 9.47 Å². The Labute approximate surface area is 157 Å². The lowest BCUT2D eigenvalue weighted by atomic mass is 10.1. The van der Waals surface area contributed by atoms with E-state index >= 15 is 0 Å². The molecule has 0 spiro atoms. The zero-order chi connectivity index (χ0) is 19.1. The molecule has 0 N–H and O–H groups in total. The van der Waals surface area contributed by atoms with Gasteiger partial charge in [0.2, 0.25) is 0 Å². The molecule has 3 rings (SSSR count). The molecule has 0 saturated heterocycles. The fraction of sp³-hybridized carbons (Fsp3) is 0.0435. The zero-order valence-corrected chi connectivity index (χ0v) is 14.8. The van der Waals surface area contributed by atoms with Gasteiger partial charge < -0.3 is 9.47 Å². The molecule has 0 radical (unpaired) electrons. The Hall–Kier alpha value is -3.66. The lowest BCUT2D eigenvalue weighted by molar-refractivity contribution is 0.0731. The molecular weight excluding hydrogens is 340 g/mol. The number of benzene rings is 3. The van der Waals surface area contributed by atoms with E-state index in [1.807, 2.05) is 30.3 Å². The Morgan fingerprint density at radius 1 is 0.815 bits per heavy atom. The number of allylic oxidation sites excluding steroid dienone is 1. The van der Waals surface area contributed by atoms with Crippen LogP contribution in [-0.4, -0.2) is 18.9 Å². The van der Waals surface area contributed by atoms with E-state index in [0.717, 1.165) is 5.56 Å². The third kappa shape index (κ3) is 4.70. The lowest BCUT2D eigenvalue weighted by Crippen LogP contribution is -2.10. The van der Waals surface area contributed by atoms with E-state index in [1.165, 1.54) is 13.2 Å². The molecule has 0 unspecified atom stereocenters. The van der Waals surface area contributed by atoms with Gasteiger partial charge in [-0.2, -0.15) is 0 Å². The summed E-state index contributed by atoms with van der Waals surface area (Å²) in [6.45, 7) is 0. The van der Waals surface area contributed by atoms with E-state index in [9.17, 15) is 9.59 Å². The standard InChI is InChI=1S/C23H18O4/c1-26-22-10-6-5-9-20(22)23(25)27-19-14-12-18(13-15-19)21(24)16-11-17-7-3-2-4-8-17/h2-16H,1H3. The molecule has 0 fully saturated rings. The highest BCUT2D eigenvalue weighted by atomic mass is 16.5. The van der Waals surface area contributed by atoms with Crippen LogP contribution in [0.5, 0.6) is 11.5 Å². The molecule has 0 heterocycles. The summed E-state index contributed by atoms with van der Waals surface area (Å²) in [4.78, 5) is 24.5. The third-order valence-corrected chi connectivity index (χ3v) is 3.90. The fourth-order valence-corrected chi connectivity index (χ4v) is 2.49. The lowest BCUT2D eigenvalue weighted by Gasteiger charge is -2.08. The van der Waals surface area contributed by atoms with Crippen LogP contribution in [0.1, 0.15) is 26.3 Å². The van der Waals surface area contributed by atoms with Crippen molar-refractivity contribution in [1.82, 2.24) is 0 Å². The van der Waals surface area contributed by atoms with Crippen molar-refractivity contribution >= 4 is 17.8 Å².